The molecule has 4 aliphatic heterocycles. The minimum Gasteiger partial charge on any atom is -0.258 e. The summed E-state index contributed by atoms with van der Waals surface area (Å²) in [6.45, 7) is 3.59. The van der Waals surface area contributed by atoms with Crippen molar-refractivity contribution in [3.05, 3.63) is 287 Å². The van der Waals surface area contributed by atoms with Gasteiger partial charge >= 0.3 is 0 Å². The molecule has 7 heteroatoms. The van der Waals surface area contributed by atoms with E-state index in [-0.39, 0.29) is 0 Å². The molecule has 0 N–H and O–H groups in total. The molecule has 12 rings (SSSR count). The molecule has 4 fully saturated rings. The Labute approximate surface area is 466 Å². The third-order valence-corrected chi connectivity index (χ3v) is 32.7. The normalized spacial score (nSPS) is 27.8. The molecular weight excluding hydrogens is 1010 g/mol. The number of unbranched alkanes of at least 4 members (excludes halogenated alkanes) is 1. The SMILES string of the molecule is CCCCN(P1[C@H](c2ccccc2)C(C2C[C@@H](c3ccccc3)P(N(N(C)C)P3[C@H](c4ccccc4)CC[C@H]3c3ccccc3)[C@@H]2c2ccccc2)C[C@H]1c1ccccc1)P1[C@H](c2ccccc2)CC[C@H]1c1ccccc1. The highest BCUT2D eigenvalue weighted by molar-refractivity contribution is 7.72. The Bertz CT molecular complexity index is 2950. The average Bonchev–Trinajstić information content (AvgIpc) is 4.52. The van der Waals surface area contributed by atoms with E-state index in [0.29, 0.717) is 57.1 Å². The second-order valence-corrected chi connectivity index (χ2v) is 32.6. The number of hydrogen-bond donors (Lipinski definition) is 0. The van der Waals surface area contributed by atoms with E-state index < -0.39 is 32.3 Å². The van der Waals surface area contributed by atoms with E-state index in [2.05, 4.69) is 278 Å². The van der Waals surface area contributed by atoms with Gasteiger partial charge in [-0.25, -0.2) is 5.01 Å². The first-order valence-corrected chi connectivity index (χ1v) is 34.6. The van der Waals surface area contributed by atoms with Crippen LogP contribution in [0, 0.1) is 11.8 Å². The van der Waals surface area contributed by atoms with E-state index in [9.17, 15) is 0 Å². The van der Waals surface area contributed by atoms with Crippen LogP contribution in [0.25, 0.3) is 0 Å². The highest BCUT2D eigenvalue weighted by Gasteiger charge is 2.60. The number of benzene rings is 8. The van der Waals surface area contributed by atoms with E-state index in [0.717, 1.165) is 6.54 Å². The molecule has 3 nitrogen and oxygen atoms in total. The van der Waals surface area contributed by atoms with Crippen molar-refractivity contribution in [3.8, 4) is 0 Å². The standard InChI is InChI=1S/C70H77N3P4/c1-4-5-50-72(74-63(53-30-14-6-15-31-53)46-47-64(74)54-32-16-7-17-33-54)76-67(57-38-22-10-23-39-57)51-61(69(76)59-42-26-12-27-43-59)62-52-68(58-40-24-11-25-41-58)77(70(62)60-44-28-13-29-45-60)73(71(2)3)75-65(55-34-18-8-19-35-55)48-49-66(75)56-36-20-9-21-37-56/h6-45,61-70H,4-5,46-52H2,1-3H3/t61?,62?,63-,64-,65-,66-,67-,68-,69+,70+,76?,77?/m0/s1. The molecule has 4 unspecified atom stereocenters. The summed E-state index contributed by atoms with van der Waals surface area (Å²) in [5.74, 6) is 0.933. The van der Waals surface area contributed by atoms with Gasteiger partial charge in [0.05, 0.1) is 0 Å². The molecule has 12 atom stereocenters. The Morgan fingerprint density at radius 2 is 0.597 bits per heavy atom. The van der Waals surface area contributed by atoms with Crippen molar-refractivity contribution in [2.45, 2.75) is 104 Å². The molecule has 8 aromatic rings. The number of nitrogens with zero attached hydrogens (tertiary/aromatic N) is 3. The summed E-state index contributed by atoms with van der Waals surface area (Å²) in [7, 11) is 1.96. The van der Waals surface area contributed by atoms with Crippen molar-refractivity contribution in [2.24, 2.45) is 11.8 Å². The molecular formula is C70H77N3P4. The van der Waals surface area contributed by atoms with E-state index in [4.69, 9.17) is 0 Å². The lowest BCUT2D eigenvalue weighted by Crippen LogP contribution is -2.32. The number of rotatable bonds is 17. The lowest BCUT2D eigenvalue weighted by atomic mass is 9.76. The van der Waals surface area contributed by atoms with Crippen molar-refractivity contribution in [3.63, 3.8) is 0 Å². The smallest absolute Gasteiger partial charge is 0.0228 e. The third kappa shape index (κ3) is 10.9. The van der Waals surface area contributed by atoms with Gasteiger partial charge in [-0.15, -0.1) is 0 Å². The van der Waals surface area contributed by atoms with Crippen LogP contribution >= 0.6 is 32.3 Å². The van der Waals surface area contributed by atoms with Crippen LogP contribution in [-0.4, -0.2) is 34.6 Å². The summed E-state index contributed by atoms with van der Waals surface area (Å²) in [5.41, 5.74) is 16.0. The Morgan fingerprint density at radius 3 is 0.909 bits per heavy atom. The highest BCUT2D eigenvalue weighted by atomic mass is 31.2. The van der Waals surface area contributed by atoms with Gasteiger partial charge in [-0.1, -0.05) is 256 Å². The van der Waals surface area contributed by atoms with E-state index in [1.807, 2.05) is 0 Å². The van der Waals surface area contributed by atoms with Crippen LogP contribution in [-0.2, 0) is 0 Å². The molecule has 0 saturated carbocycles. The van der Waals surface area contributed by atoms with Gasteiger partial charge in [0.25, 0.3) is 0 Å². The van der Waals surface area contributed by atoms with Crippen LogP contribution in [0.5, 0.6) is 0 Å². The third-order valence-electron chi connectivity index (χ3n) is 17.7. The van der Waals surface area contributed by atoms with Crippen LogP contribution in [0.15, 0.2) is 243 Å². The summed E-state index contributed by atoms with van der Waals surface area (Å²) in [6, 6.07) is 95.2. The van der Waals surface area contributed by atoms with Gasteiger partial charge in [0.1, 0.15) is 0 Å². The quantitative estimate of drug-likeness (QED) is 0.0665. The highest BCUT2D eigenvalue weighted by Crippen LogP contribution is 2.89. The van der Waals surface area contributed by atoms with E-state index >= 15 is 0 Å². The minimum absolute atomic E-state index is 0.368. The zero-order valence-electron chi connectivity index (χ0n) is 45.4. The van der Waals surface area contributed by atoms with Crippen LogP contribution < -0.4 is 0 Å². The second kappa shape index (κ2) is 24.8. The van der Waals surface area contributed by atoms with Crippen molar-refractivity contribution in [1.82, 2.24) is 14.0 Å². The first-order valence-electron chi connectivity index (χ1n) is 28.8. The molecule has 0 radical (unpaired) electrons. The molecule has 0 amide bonds. The lowest BCUT2D eigenvalue weighted by Gasteiger charge is -2.48. The topological polar surface area (TPSA) is 9.72 Å². The Balaban J connectivity index is 1.07. The fraction of sp³-hybridized carbons (Fsp3) is 0.314. The van der Waals surface area contributed by atoms with Gasteiger partial charge in [0.15, 0.2) is 0 Å². The van der Waals surface area contributed by atoms with Crippen molar-refractivity contribution < 1.29 is 0 Å². The Kier molecular flexibility index (Phi) is 17.1. The zero-order valence-corrected chi connectivity index (χ0v) is 48.9. The molecule has 392 valence electrons. The van der Waals surface area contributed by atoms with Gasteiger partial charge < -0.3 is 0 Å². The Morgan fingerprint density at radius 1 is 0.325 bits per heavy atom. The van der Waals surface area contributed by atoms with Gasteiger partial charge in [0.2, 0.25) is 0 Å². The summed E-state index contributed by atoms with van der Waals surface area (Å²) in [6.07, 6.45) is 9.74. The number of hydrogen-bond acceptors (Lipinski definition) is 3. The largest absolute Gasteiger partial charge is 0.258 e. The van der Waals surface area contributed by atoms with Gasteiger partial charge in [-0.2, -0.15) is 4.55 Å². The Hall–Kier alpha value is -4.64. The maximum atomic E-state index is 3.33. The van der Waals surface area contributed by atoms with E-state index in [1.54, 1.807) is 27.8 Å². The van der Waals surface area contributed by atoms with Crippen molar-refractivity contribution in [2.75, 3.05) is 20.6 Å². The van der Waals surface area contributed by atoms with Gasteiger partial charge in [-0.05, 0) is 117 Å². The molecule has 4 heterocycles. The zero-order chi connectivity index (χ0) is 52.1. The first-order chi connectivity index (χ1) is 38.1. The molecule has 0 bridgehead atoms. The molecule has 4 aliphatic rings. The second-order valence-electron chi connectivity index (χ2n) is 22.3. The maximum Gasteiger partial charge on any atom is 0.0228 e. The van der Waals surface area contributed by atoms with Crippen LogP contribution in [0.1, 0.15) is 148 Å². The summed E-state index contributed by atoms with van der Waals surface area (Å²) >= 11 is 0. The van der Waals surface area contributed by atoms with Crippen LogP contribution in [0.3, 0.4) is 0 Å². The molecule has 8 aromatic carbocycles. The minimum atomic E-state index is -0.821. The fourth-order valence-corrected chi connectivity index (χ4v) is 32.6. The first kappa shape index (κ1) is 53.0. The lowest BCUT2D eigenvalue weighted by molar-refractivity contribution is 0.236. The predicted octanol–water partition coefficient (Wildman–Crippen LogP) is 21.0. The maximum absolute atomic E-state index is 3.33. The molecule has 77 heavy (non-hydrogen) atoms. The van der Waals surface area contributed by atoms with Gasteiger partial charge in [0, 0.05) is 82.1 Å². The molecule has 4 saturated heterocycles. The summed E-state index contributed by atoms with van der Waals surface area (Å²) in [4.78, 5) is 0. The monoisotopic (exact) mass is 1080 g/mol. The molecule has 0 spiro atoms. The fourth-order valence-electron chi connectivity index (χ4n) is 14.5. The molecule has 0 aromatic heterocycles. The van der Waals surface area contributed by atoms with Crippen molar-refractivity contribution >= 4 is 32.3 Å². The molecule has 0 aliphatic carbocycles. The number of hydrazine groups is 1. The summed E-state index contributed by atoms with van der Waals surface area (Å²) in [5, 5.41) is 2.63. The average molecular weight is 1080 g/mol. The van der Waals surface area contributed by atoms with Gasteiger partial charge in [-0.3, -0.25) is 4.44 Å². The van der Waals surface area contributed by atoms with Crippen LogP contribution in [0.2, 0.25) is 0 Å². The van der Waals surface area contributed by atoms with E-state index in [1.165, 1.54) is 68.1 Å². The summed E-state index contributed by atoms with van der Waals surface area (Å²) < 4.78 is 6.47. The van der Waals surface area contributed by atoms with Crippen molar-refractivity contribution in [1.29, 1.82) is 0 Å². The predicted molar refractivity (Wildman–Crippen MR) is 333 cm³/mol. The van der Waals surface area contributed by atoms with Crippen LogP contribution in [0.4, 0.5) is 0 Å².